The molecule has 3 aromatic rings. The van der Waals surface area contributed by atoms with Gasteiger partial charge in [0.2, 0.25) is 5.91 Å². The third kappa shape index (κ3) is 6.11. The van der Waals surface area contributed by atoms with E-state index in [1.54, 1.807) is 66.7 Å². The summed E-state index contributed by atoms with van der Waals surface area (Å²) < 4.78 is 33.7. The van der Waals surface area contributed by atoms with Crippen molar-refractivity contribution in [2.24, 2.45) is 0 Å². The number of hydrogen-bond acceptors (Lipinski definition) is 5. The molecule has 0 unspecified atom stereocenters. The maximum absolute atomic E-state index is 13.6. The maximum atomic E-state index is 13.6. The minimum absolute atomic E-state index is 0.0467. The molecule has 8 nitrogen and oxygen atoms in total. The molecular weight excluding hydrogens is 490 g/mol. The van der Waals surface area contributed by atoms with E-state index in [-0.39, 0.29) is 16.5 Å². The standard InChI is InChI=1S/C28H31N3O5S/c1-36-26-18-10-9-17-25(26)31(37(34,35)22-13-5-4-6-14-22)21-27(32)29-24-16-8-7-15-23(24)28(33)30-19-11-2-3-12-20-30/h4-10,13-18H,2-3,11-12,19-21H2,1H3,(H,29,32). The van der Waals surface area contributed by atoms with Crippen LogP contribution in [0, 0.1) is 0 Å². The van der Waals surface area contributed by atoms with Crippen LogP contribution >= 0.6 is 0 Å². The van der Waals surface area contributed by atoms with Crippen LogP contribution < -0.4 is 14.4 Å². The van der Waals surface area contributed by atoms with E-state index in [0.29, 0.717) is 30.1 Å². The second-order valence-electron chi connectivity index (χ2n) is 8.80. The van der Waals surface area contributed by atoms with E-state index in [1.165, 1.54) is 19.2 Å². The van der Waals surface area contributed by atoms with Gasteiger partial charge in [0, 0.05) is 13.1 Å². The lowest BCUT2D eigenvalue weighted by Crippen LogP contribution is -2.39. The van der Waals surface area contributed by atoms with Crippen molar-refractivity contribution in [3.63, 3.8) is 0 Å². The van der Waals surface area contributed by atoms with E-state index in [1.807, 2.05) is 4.90 Å². The molecule has 0 aromatic heterocycles. The van der Waals surface area contributed by atoms with Crippen LogP contribution in [0.25, 0.3) is 0 Å². The highest BCUT2D eigenvalue weighted by atomic mass is 32.2. The highest BCUT2D eigenvalue weighted by Gasteiger charge is 2.30. The Hall–Kier alpha value is -3.85. The molecule has 3 aromatic carbocycles. The van der Waals surface area contributed by atoms with E-state index in [2.05, 4.69) is 5.32 Å². The van der Waals surface area contributed by atoms with Crippen molar-refractivity contribution in [1.29, 1.82) is 0 Å². The summed E-state index contributed by atoms with van der Waals surface area (Å²) in [5, 5.41) is 2.77. The number of carbonyl (C=O) groups is 2. The molecule has 0 bridgehead atoms. The van der Waals surface area contributed by atoms with Gasteiger partial charge in [-0.1, -0.05) is 55.3 Å². The molecule has 1 N–H and O–H groups in total. The normalized spacial score (nSPS) is 13.9. The zero-order valence-electron chi connectivity index (χ0n) is 20.8. The van der Waals surface area contributed by atoms with Gasteiger partial charge in [-0.05, 0) is 49.2 Å². The van der Waals surface area contributed by atoms with Crippen molar-refractivity contribution in [2.45, 2.75) is 30.6 Å². The van der Waals surface area contributed by atoms with Gasteiger partial charge in [-0.15, -0.1) is 0 Å². The van der Waals surface area contributed by atoms with Crippen LogP contribution in [0.15, 0.2) is 83.8 Å². The highest BCUT2D eigenvalue weighted by Crippen LogP contribution is 2.32. The largest absolute Gasteiger partial charge is 0.495 e. The summed E-state index contributed by atoms with van der Waals surface area (Å²) in [6.45, 7) is 0.847. The first-order chi connectivity index (χ1) is 17.9. The van der Waals surface area contributed by atoms with Gasteiger partial charge in [-0.3, -0.25) is 13.9 Å². The minimum Gasteiger partial charge on any atom is -0.495 e. The van der Waals surface area contributed by atoms with E-state index < -0.39 is 22.5 Å². The molecule has 1 saturated heterocycles. The van der Waals surface area contributed by atoms with Gasteiger partial charge < -0.3 is 15.0 Å². The number of carbonyl (C=O) groups excluding carboxylic acids is 2. The van der Waals surface area contributed by atoms with Crippen LogP contribution in [-0.4, -0.2) is 51.9 Å². The van der Waals surface area contributed by atoms with Crippen LogP contribution in [0.4, 0.5) is 11.4 Å². The van der Waals surface area contributed by atoms with Gasteiger partial charge in [-0.2, -0.15) is 0 Å². The molecule has 1 fully saturated rings. The zero-order chi connectivity index (χ0) is 26.3. The maximum Gasteiger partial charge on any atom is 0.264 e. The fourth-order valence-corrected chi connectivity index (χ4v) is 5.85. The van der Waals surface area contributed by atoms with Crippen molar-refractivity contribution < 1.29 is 22.7 Å². The molecule has 2 amide bonds. The molecule has 0 saturated carbocycles. The van der Waals surface area contributed by atoms with Crippen molar-refractivity contribution >= 4 is 33.2 Å². The summed E-state index contributed by atoms with van der Waals surface area (Å²) >= 11 is 0. The number of benzene rings is 3. The summed E-state index contributed by atoms with van der Waals surface area (Å²) in [6.07, 6.45) is 4.09. The van der Waals surface area contributed by atoms with Crippen LogP contribution in [0.5, 0.6) is 5.75 Å². The molecule has 0 atom stereocenters. The first-order valence-corrected chi connectivity index (χ1v) is 13.7. The Labute approximate surface area is 217 Å². The van der Waals surface area contributed by atoms with Gasteiger partial charge in [0.05, 0.1) is 28.9 Å². The number of sulfonamides is 1. The van der Waals surface area contributed by atoms with Crippen molar-refractivity contribution in [1.82, 2.24) is 4.90 Å². The topological polar surface area (TPSA) is 96.0 Å². The quantitative estimate of drug-likeness (QED) is 0.469. The summed E-state index contributed by atoms with van der Waals surface area (Å²) in [6, 6.07) is 21.4. The van der Waals surface area contributed by atoms with Crippen molar-refractivity contribution in [3.05, 3.63) is 84.4 Å². The Bertz CT molecular complexity index is 1340. The number of nitrogens with one attached hydrogen (secondary N) is 1. The summed E-state index contributed by atoms with van der Waals surface area (Å²) in [7, 11) is -2.66. The second kappa shape index (κ2) is 11.9. The second-order valence-corrected chi connectivity index (χ2v) is 10.7. The number of rotatable bonds is 8. The van der Waals surface area contributed by atoms with Crippen LogP contribution in [0.1, 0.15) is 36.0 Å². The van der Waals surface area contributed by atoms with Gasteiger partial charge >= 0.3 is 0 Å². The van der Waals surface area contributed by atoms with Gasteiger partial charge in [0.15, 0.2) is 0 Å². The zero-order valence-corrected chi connectivity index (χ0v) is 21.6. The van der Waals surface area contributed by atoms with Crippen LogP contribution in [0.3, 0.4) is 0 Å². The molecule has 9 heteroatoms. The number of amides is 2. The summed E-state index contributed by atoms with van der Waals surface area (Å²) in [5.74, 6) is -0.413. The highest BCUT2D eigenvalue weighted by molar-refractivity contribution is 7.92. The number of likely N-dealkylation sites (tertiary alicyclic amines) is 1. The predicted molar refractivity (Wildman–Crippen MR) is 143 cm³/mol. The Morgan fingerprint density at radius 1 is 0.865 bits per heavy atom. The molecule has 194 valence electrons. The average Bonchev–Trinajstić information content (AvgIpc) is 3.22. The van der Waals surface area contributed by atoms with Crippen molar-refractivity contribution in [3.8, 4) is 5.75 Å². The van der Waals surface area contributed by atoms with E-state index in [0.717, 1.165) is 30.0 Å². The Balaban J connectivity index is 1.63. The fourth-order valence-electron chi connectivity index (χ4n) is 4.40. The summed E-state index contributed by atoms with van der Waals surface area (Å²) in [4.78, 5) is 28.4. The van der Waals surface area contributed by atoms with Crippen molar-refractivity contribution in [2.75, 3.05) is 36.4 Å². The van der Waals surface area contributed by atoms with Gasteiger partial charge in [-0.25, -0.2) is 8.42 Å². The van der Waals surface area contributed by atoms with E-state index in [9.17, 15) is 18.0 Å². The van der Waals surface area contributed by atoms with Gasteiger partial charge in [0.25, 0.3) is 15.9 Å². The molecule has 1 aliphatic rings. The number of hydrogen-bond donors (Lipinski definition) is 1. The monoisotopic (exact) mass is 521 g/mol. The summed E-state index contributed by atoms with van der Waals surface area (Å²) in [5.41, 5.74) is 0.962. The molecule has 1 aliphatic heterocycles. The molecule has 0 aliphatic carbocycles. The first kappa shape index (κ1) is 26.2. The number of ether oxygens (including phenoxy) is 1. The predicted octanol–water partition coefficient (Wildman–Crippen LogP) is 4.55. The fraction of sp³-hybridized carbons (Fsp3) is 0.286. The number of nitrogens with zero attached hydrogens (tertiary/aromatic N) is 2. The smallest absolute Gasteiger partial charge is 0.264 e. The lowest BCUT2D eigenvalue weighted by atomic mass is 10.1. The van der Waals surface area contributed by atoms with Crippen LogP contribution in [-0.2, 0) is 14.8 Å². The molecule has 4 rings (SSSR count). The number of methoxy groups -OCH3 is 1. The molecule has 37 heavy (non-hydrogen) atoms. The Morgan fingerprint density at radius 2 is 1.49 bits per heavy atom. The lowest BCUT2D eigenvalue weighted by Gasteiger charge is -2.26. The van der Waals surface area contributed by atoms with E-state index >= 15 is 0 Å². The first-order valence-electron chi connectivity index (χ1n) is 12.3. The molecule has 1 heterocycles. The van der Waals surface area contributed by atoms with Gasteiger partial charge in [0.1, 0.15) is 12.3 Å². The third-order valence-electron chi connectivity index (χ3n) is 6.30. The molecular formula is C28H31N3O5S. The SMILES string of the molecule is COc1ccccc1N(CC(=O)Nc1ccccc1C(=O)N1CCCCCC1)S(=O)(=O)c1ccccc1. The molecule has 0 radical (unpaired) electrons. The Morgan fingerprint density at radius 3 is 2.19 bits per heavy atom. The Kier molecular flexibility index (Phi) is 8.45. The average molecular weight is 522 g/mol. The number of anilines is 2. The number of para-hydroxylation sites is 3. The molecule has 0 spiro atoms. The van der Waals surface area contributed by atoms with E-state index in [4.69, 9.17) is 4.74 Å². The third-order valence-corrected chi connectivity index (χ3v) is 8.07. The van der Waals surface area contributed by atoms with Crippen LogP contribution in [0.2, 0.25) is 0 Å². The minimum atomic E-state index is -4.10. The lowest BCUT2D eigenvalue weighted by molar-refractivity contribution is -0.114.